The molecule has 0 amide bonds. The number of fused-ring (bicyclic) bond motifs is 1. The van der Waals surface area contributed by atoms with Crippen LogP contribution >= 0.6 is 0 Å². The summed E-state index contributed by atoms with van der Waals surface area (Å²) in [5.41, 5.74) is -3.72. The molecule has 1 aliphatic rings. The van der Waals surface area contributed by atoms with Crippen molar-refractivity contribution in [1.82, 2.24) is 20.3 Å². The molecule has 2 N–H and O–H groups in total. The third-order valence-electron chi connectivity index (χ3n) is 4.23. The van der Waals surface area contributed by atoms with Crippen molar-refractivity contribution < 1.29 is 30.2 Å². The largest absolute Gasteiger partial charge is 0.534 e. The molecule has 2 aromatic heterocycles. The molecule has 0 fully saturated rings. The molecule has 30 heavy (non-hydrogen) atoms. The Bertz CT molecular complexity index is 1150. The summed E-state index contributed by atoms with van der Waals surface area (Å²) in [6.07, 6.45) is 3.22. The zero-order valence-corrected chi connectivity index (χ0v) is 15.9. The van der Waals surface area contributed by atoms with Crippen molar-refractivity contribution in [3.63, 3.8) is 0 Å². The molecule has 0 saturated carbocycles. The molecule has 1 aromatic carbocycles. The monoisotopic (exact) mass is 441 g/mol. The number of oxazole rings is 1. The highest BCUT2D eigenvalue weighted by molar-refractivity contribution is 7.87. The predicted molar refractivity (Wildman–Crippen MR) is 98.3 cm³/mol. The third kappa shape index (κ3) is 4.07. The molecule has 1 aliphatic heterocycles. The van der Waals surface area contributed by atoms with Gasteiger partial charge in [0.25, 0.3) is 0 Å². The second-order valence-corrected chi connectivity index (χ2v) is 7.79. The lowest BCUT2D eigenvalue weighted by Crippen LogP contribution is -2.31. The smallest absolute Gasteiger partial charge is 0.444 e. The molecule has 0 spiro atoms. The Labute approximate surface area is 168 Å². The van der Waals surface area contributed by atoms with Crippen molar-refractivity contribution in [3.05, 3.63) is 48.1 Å². The van der Waals surface area contributed by atoms with Gasteiger partial charge in [-0.15, -0.1) is 0 Å². The van der Waals surface area contributed by atoms with E-state index in [1.807, 2.05) is 0 Å². The van der Waals surface area contributed by atoms with E-state index in [2.05, 4.69) is 29.8 Å². The first-order valence-electron chi connectivity index (χ1n) is 8.60. The zero-order valence-electron chi connectivity index (χ0n) is 15.1. The van der Waals surface area contributed by atoms with Crippen molar-refractivity contribution in [3.8, 4) is 17.2 Å². The number of hydrogen-bond donors (Lipinski definition) is 2. The molecule has 4 rings (SSSR count). The first-order chi connectivity index (χ1) is 14.2. The predicted octanol–water partition coefficient (Wildman–Crippen LogP) is 2.75. The minimum atomic E-state index is -5.87. The number of halogens is 3. The van der Waals surface area contributed by atoms with Crippen LogP contribution < -0.4 is 14.8 Å². The second kappa shape index (κ2) is 7.57. The maximum Gasteiger partial charge on any atom is 0.534 e. The topological polar surface area (TPSA) is 119 Å². The molecular formula is C17H14F3N5O4S. The number of benzene rings is 1. The van der Waals surface area contributed by atoms with Gasteiger partial charge >= 0.3 is 15.6 Å². The number of alkyl halides is 3. The summed E-state index contributed by atoms with van der Waals surface area (Å²) < 4.78 is 70.7. The van der Waals surface area contributed by atoms with Crippen molar-refractivity contribution in [2.75, 3.05) is 11.9 Å². The van der Waals surface area contributed by atoms with Crippen LogP contribution in [0.3, 0.4) is 0 Å². The minimum Gasteiger partial charge on any atom is -0.444 e. The zero-order chi connectivity index (χ0) is 21.4. The fourth-order valence-corrected chi connectivity index (χ4v) is 3.23. The van der Waals surface area contributed by atoms with E-state index in [0.717, 1.165) is 5.56 Å². The summed E-state index contributed by atoms with van der Waals surface area (Å²) in [5.74, 6) is -0.187. The molecule has 158 valence electrons. The van der Waals surface area contributed by atoms with Crippen LogP contribution in [0.5, 0.6) is 5.88 Å². The quantitative estimate of drug-likeness (QED) is 0.455. The maximum atomic E-state index is 12.8. The van der Waals surface area contributed by atoms with E-state index < -0.39 is 21.5 Å². The molecule has 0 atom stereocenters. The molecule has 0 bridgehead atoms. The van der Waals surface area contributed by atoms with Crippen LogP contribution in [0.25, 0.3) is 11.3 Å². The first-order valence-corrected chi connectivity index (χ1v) is 10.0. The second-order valence-electron chi connectivity index (χ2n) is 6.26. The summed E-state index contributed by atoms with van der Waals surface area (Å²) in [6, 6.07) is 6.82. The molecule has 9 nitrogen and oxygen atoms in total. The van der Waals surface area contributed by atoms with Gasteiger partial charge in [-0.05, 0) is 24.3 Å². The Morgan fingerprint density at radius 3 is 2.60 bits per heavy atom. The average Bonchev–Trinajstić information content (AvgIpc) is 3.22. The van der Waals surface area contributed by atoms with Gasteiger partial charge in [-0.2, -0.15) is 26.6 Å². The lowest BCUT2D eigenvalue weighted by atomic mass is 10.1. The summed E-state index contributed by atoms with van der Waals surface area (Å²) in [5, 5.41) is 5.77. The normalized spacial score (nSPS) is 14.2. The third-order valence-corrected chi connectivity index (χ3v) is 5.17. The van der Waals surface area contributed by atoms with E-state index in [4.69, 9.17) is 4.42 Å². The van der Waals surface area contributed by atoms with Gasteiger partial charge in [0.15, 0.2) is 12.2 Å². The Morgan fingerprint density at radius 1 is 1.17 bits per heavy atom. The van der Waals surface area contributed by atoms with E-state index in [1.54, 1.807) is 30.5 Å². The van der Waals surface area contributed by atoms with Crippen LogP contribution in [0, 0.1) is 0 Å². The van der Waals surface area contributed by atoms with Gasteiger partial charge in [0.1, 0.15) is 0 Å². The van der Waals surface area contributed by atoms with Crippen LogP contribution in [0.1, 0.15) is 11.3 Å². The van der Waals surface area contributed by atoms with Crippen LogP contribution in [0.2, 0.25) is 0 Å². The summed E-state index contributed by atoms with van der Waals surface area (Å²) in [7, 11) is -5.87. The number of anilines is 2. The molecule has 3 aromatic rings. The summed E-state index contributed by atoms with van der Waals surface area (Å²) in [6.45, 7) is 0.616. The number of rotatable bonds is 5. The van der Waals surface area contributed by atoms with Gasteiger partial charge < -0.3 is 19.2 Å². The van der Waals surface area contributed by atoms with E-state index >= 15 is 0 Å². The summed E-state index contributed by atoms with van der Waals surface area (Å²) in [4.78, 5) is 12.0. The average molecular weight is 441 g/mol. The van der Waals surface area contributed by atoms with E-state index in [9.17, 15) is 21.6 Å². The number of nitrogens with zero attached hydrogens (tertiary/aromatic N) is 3. The number of hydrogen-bond acceptors (Lipinski definition) is 9. The molecular weight excluding hydrogens is 427 g/mol. The Balaban J connectivity index is 1.64. The highest BCUT2D eigenvalue weighted by Gasteiger charge is 2.49. The van der Waals surface area contributed by atoms with Gasteiger partial charge in [-0.3, -0.25) is 0 Å². The van der Waals surface area contributed by atoms with Crippen molar-refractivity contribution in [2.24, 2.45) is 0 Å². The van der Waals surface area contributed by atoms with E-state index in [0.29, 0.717) is 30.1 Å². The fraction of sp³-hybridized carbons (Fsp3) is 0.235. The van der Waals surface area contributed by atoms with E-state index in [-0.39, 0.29) is 18.1 Å². The van der Waals surface area contributed by atoms with Crippen molar-refractivity contribution in [2.45, 2.75) is 18.5 Å². The molecule has 0 radical (unpaired) electrons. The first kappa shape index (κ1) is 20.1. The highest BCUT2D eigenvalue weighted by Crippen LogP contribution is 2.31. The van der Waals surface area contributed by atoms with Gasteiger partial charge in [0, 0.05) is 30.8 Å². The molecule has 0 unspecified atom stereocenters. The molecule has 0 aliphatic carbocycles. The molecule has 13 heteroatoms. The van der Waals surface area contributed by atoms with Gasteiger partial charge in [0.2, 0.25) is 11.8 Å². The Kier molecular flexibility index (Phi) is 5.07. The lowest BCUT2D eigenvalue weighted by molar-refractivity contribution is -0.0501. The minimum absolute atomic E-state index is 0.0875. The standard InChI is InChI=1S/C17H14F3N5O4S/c18-17(19,20)30(26,27)29-15-12-7-21-6-5-13(12)24-16(25-15)23-11-3-1-10(2-4-11)14-8-22-9-28-14/h1-4,8-9,21H,5-7H2,(H,23,24,25). The SMILES string of the molecule is O=S(=O)(Oc1nc(Nc2ccc(-c3cnco3)cc2)nc2c1CNCC2)C(F)(F)F. The van der Waals surface area contributed by atoms with Crippen LogP contribution in [0.4, 0.5) is 24.8 Å². The lowest BCUT2D eigenvalue weighted by Gasteiger charge is -2.20. The molecule has 3 heterocycles. The van der Waals surface area contributed by atoms with Crippen molar-refractivity contribution in [1.29, 1.82) is 0 Å². The van der Waals surface area contributed by atoms with Gasteiger partial charge in [-0.25, -0.2) is 9.97 Å². The highest BCUT2D eigenvalue weighted by atomic mass is 32.2. The number of aromatic nitrogens is 3. The van der Waals surface area contributed by atoms with Crippen LogP contribution in [-0.2, 0) is 23.1 Å². The fourth-order valence-electron chi connectivity index (χ4n) is 2.79. The van der Waals surface area contributed by atoms with Gasteiger partial charge in [0.05, 0.1) is 17.5 Å². The molecule has 0 saturated heterocycles. The van der Waals surface area contributed by atoms with Gasteiger partial charge in [-0.1, -0.05) is 0 Å². The van der Waals surface area contributed by atoms with Crippen LogP contribution in [0.15, 0.2) is 41.3 Å². The van der Waals surface area contributed by atoms with E-state index in [1.165, 1.54) is 6.39 Å². The van der Waals surface area contributed by atoms with Crippen molar-refractivity contribution >= 4 is 21.8 Å². The maximum absolute atomic E-state index is 12.8. The van der Waals surface area contributed by atoms with Crippen LogP contribution in [-0.4, -0.2) is 35.4 Å². The Morgan fingerprint density at radius 2 is 1.93 bits per heavy atom. The Hall–Kier alpha value is -3.19. The number of nitrogens with one attached hydrogen (secondary N) is 2. The summed E-state index contributed by atoms with van der Waals surface area (Å²) >= 11 is 0.